The molecule has 0 spiro atoms. The minimum absolute atomic E-state index is 0.0881. The maximum absolute atomic E-state index is 13.4. The Bertz CT molecular complexity index is 1620. The van der Waals surface area contributed by atoms with E-state index in [-0.39, 0.29) is 11.9 Å². The van der Waals surface area contributed by atoms with E-state index in [1.165, 1.54) is 49.4 Å². The van der Waals surface area contributed by atoms with E-state index in [2.05, 4.69) is 54.1 Å². The number of hydrogen-bond donors (Lipinski definition) is 2. The number of aryl methyl sites for hydroxylation is 1. The van der Waals surface area contributed by atoms with Gasteiger partial charge in [-0.25, -0.2) is 4.79 Å². The number of unbranched alkanes of at least 4 members (excludes halogenated alkanes) is 1. The van der Waals surface area contributed by atoms with E-state index in [0.29, 0.717) is 28.7 Å². The Balaban J connectivity index is 1.40. The number of nitrogens with one attached hydrogen (secondary N) is 1. The van der Waals surface area contributed by atoms with Gasteiger partial charge in [0.05, 0.1) is 11.1 Å². The molecular weight excluding hydrogens is 560 g/mol. The highest BCUT2D eigenvalue weighted by atomic mass is 35.5. The number of carboxylic acids is 1. The lowest BCUT2D eigenvalue weighted by atomic mass is 10.0. The zero-order valence-corrected chi connectivity index (χ0v) is 26.2. The number of ether oxygens (including phenoxy) is 1. The molecule has 1 saturated carbocycles. The van der Waals surface area contributed by atoms with Crippen LogP contribution in [0.1, 0.15) is 90.8 Å². The quantitative estimate of drug-likeness (QED) is 0.162. The van der Waals surface area contributed by atoms with Gasteiger partial charge in [-0.2, -0.15) is 0 Å². The Morgan fingerprint density at radius 2 is 1.77 bits per heavy atom. The molecule has 5 rings (SSSR count). The van der Waals surface area contributed by atoms with Gasteiger partial charge >= 0.3 is 5.97 Å². The molecule has 0 saturated heterocycles. The second-order valence-electron chi connectivity index (χ2n) is 11.9. The van der Waals surface area contributed by atoms with Gasteiger partial charge in [-0.1, -0.05) is 61.3 Å². The normalized spacial score (nSPS) is 14.4. The van der Waals surface area contributed by atoms with Crippen molar-refractivity contribution in [1.82, 2.24) is 9.88 Å². The highest BCUT2D eigenvalue weighted by molar-refractivity contribution is 6.32. The standard InChI is InChI=1S/C36H41ClN2O4/c1-5-6-7-25-10-13-28(14-11-25)22(2)38-35(40)29-15-16-30-31(23(3)39(33(30)20-29)21-26-8-9-26)18-27-12-17-32(37)34(19-27)43-24(4)36(41)42/h10-17,19-20,22,24,26H,5-9,18,21H2,1-4H3,(H,38,40)(H,41,42)/t22-,24+/m0/s1. The van der Waals surface area contributed by atoms with Gasteiger partial charge in [0.25, 0.3) is 5.91 Å². The van der Waals surface area contributed by atoms with E-state index in [4.69, 9.17) is 16.3 Å². The molecule has 2 N–H and O–H groups in total. The molecule has 3 aromatic carbocycles. The number of fused-ring (bicyclic) bond motifs is 1. The number of carbonyl (C=O) groups is 2. The summed E-state index contributed by atoms with van der Waals surface area (Å²) in [6.07, 6.45) is 5.51. The number of benzene rings is 3. The Morgan fingerprint density at radius 3 is 2.44 bits per heavy atom. The van der Waals surface area contributed by atoms with E-state index in [9.17, 15) is 14.7 Å². The molecule has 226 valence electrons. The number of carbonyl (C=O) groups excluding carboxylic acids is 1. The molecule has 1 fully saturated rings. The lowest BCUT2D eigenvalue weighted by Crippen LogP contribution is -2.26. The fraction of sp³-hybridized carbons (Fsp3) is 0.389. The van der Waals surface area contributed by atoms with Crippen LogP contribution in [0.25, 0.3) is 10.9 Å². The first-order chi connectivity index (χ1) is 20.6. The van der Waals surface area contributed by atoms with E-state index in [1.54, 1.807) is 6.07 Å². The largest absolute Gasteiger partial charge is 0.479 e. The third-order valence-electron chi connectivity index (χ3n) is 8.53. The minimum atomic E-state index is -1.05. The van der Waals surface area contributed by atoms with Gasteiger partial charge in [0.1, 0.15) is 5.75 Å². The lowest BCUT2D eigenvalue weighted by molar-refractivity contribution is -0.144. The van der Waals surface area contributed by atoms with E-state index < -0.39 is 12.1 Å². The van der Waals surface area contributed by atoms with Crippen molar-refractivity contribution in [1.29, 1.82) is 0 Å². The molecule has 2 atom stereocenters. The van der Waals surface area contributed by atoms with Gasteiger partial charge in [0.2, 0.25) is 0 Å². The second kappa shape index (κ2) is 13.3. The van der Waals surface area contributed by atoms with Crippen molar-refractivity contribution >= 4 is 34.4 Å². The predicted octanol–water partition coefficient (Wildman–Crippen LogP) is 8.29. The number of aromatic nitrogens is 1. The van der Waals surface area contributed by atoms with Crippen LogP contribution in [-0.2, 0) is 24.2 Å². The molecule has 0 unspecified atom stereocenters. The summed E-state index contributed by atoms with van der Waals surface area (Å²) in [5, 5.41) is 14.0. The molecule has 1 heterocycles. The van der Waals surface area contributed by atoms with E-state index in [1.807, 2.05) is 31.2 Å². The molecular formula is C36H41ClN2O4. The van der Waals surface area contributed by atoms with Crippen molar-refractivity contribution in [3.05, 3.63) is 99.2 Å². The summed E-state index contributed by atoms with van der Waals surface area (Å²) in [6, 6.07) is 20.0. The molecule has 1 aromatic heterocycles. The first kappa shape index (κ1) is 30.7. The molecule has 0 radical (unpaired) electrons. The SMILES string of the molecule is CCCCc1ccc([C@H](C)NC(=O)c2ccc3c(Cc4ccc(Cl)c(O[C@H](C)C(=O)O)c4)c(C)n(CC4CC4)c3c2)cc1. The van der Waals surface area contributed by atoms with Crippen molar-refractivity contribution < 1.29 is 19.4 Å². The van der Waals surface area contributed by atoms with E-state index >= 15 is 0 Å². The number of hydrogen-bond acceptors (Lipinski definition) is 3. The minimum Gasteiger partial charge on any atom is -0.479 e. The summed E-state index contributed by atoms with van der Waals surface area (Å²) >= 11 is 6.33. The molecule has 4 aromatic rings. The van der Waals surface area contributed by atoms with Crippen LogP contribution < -0.4 is 10.1 Å². The number of nitrogens with zero attached hydrogens (tertiary/aromatic N) is 1. The van der Waals surface area contributed by atoms with Crippen molar-refractivity contribution in [2.75, 3.05) is 0 Å². The average Bonchev–Trinajstić information content (AvgIpc) is 3.79. The highest BCUT2D eigenvalue weighted by Crippen LogP contribution is 2.36. The maximum Gasteiger partial charge on any atom is 0.344 e. The number of amides is 1. The molecule has 1 aliphatic carbocycles. The fourth-order valence-corrected chi connectivity index (χ4v) is 5.78. The van der Waals surface area contributed by atoms with Crippen LogP contribution in [0, 0.1) is 12.8 Å². The zero-order valence-electron chi connectivity index (χ0n) is 25.5. The van der Waals surface area contributed by atoms with E-state index in [0.717, 1.165) is 35.0 Å². The second-order valence-corrected chi connectivity index (χ2v) is 12.3. The molecule has 6 nitrogen and oxygen atoms in total. The summed E-state index contributed by atoms with van der Waals surface area (Å²) < 4.78 is 7.97. The van der Waals surface area contributed by atoms with Crippen LogP contribution in [0.5, 0.6) is 5.75 Å². The highest BCUT2D eigenvalue weighted by Gasteiger charge is 2.25. The molecule has 7 heteroatoms. The van der Waals surface area contributed by atoms with Crippen LogP contribution in [-0.4, -0.2) is 27.7 Å². The first-order valence-electron chi connectivity index (χ1n) is 15.3. The van der Waals surface area contributed by atoms with Gasteiger partial charge in [0.15, 0.2) is 6.10 Å². The third kappa shape index (κ3) is 7.24. The van der Waals surface area contributed by atoms with Gasteiger partial charge < -0.3 is 19.7 Å². The predicted molar refractivity (Wildman–Crippen MR) is 172 cm³/mol. The van der Waals surface area contributed by atoms with Gasteiger partial charge in [-0.3, -0.25) is 4.79 Å². The first-order valence-corrected chi connectivity index (χ1v) is 15.7. The molecule has 43 heavy (non-hydrogen) atoms. The molecule has 1 amide bonds. The maximum atomic E-state index is 13.4. The number of halogens is 1. The Morgan fingerprint density at radius 1 is 1.05 bits per heavy atom. The topological polar surface area (TPSA) is 80.6 Å². The van der Waals surface area contributed by atoms with Gasteiger partial charge in [-0.05, 0) is 105 Å². The molecule has 0 bridgehead atoms. The molecule has 1 aliphatic rings. The van der Waals surface area contributed by atoms with Crippen molar-refractivity contribution in [2.45, 2.75) is 84.9 Å². The van der Waals surface area contributed by atoms with Crippen LogP contribution in [0.3, 0.4) is 0 Å². The van der Waals surface area contributed by atoms with Crippen molar-refractivity contribution in [2.24, 2.45) is 5.92 Å². The number of carboxylic acid groups (broad SMARTS) is 1. The van der Waals surface area contributed by atoms with Gasteiger partial charge in [0, 0.05) is 28.7 Å². The van der Waals surface area contributed by atoms with Crippen LogP contribution in [0.15, 0.2) is 60.7 Å². The fourth-order valence-electron chi connectivity index (χ4n) is 5.62. The smallest absolute Gasteiger partial charge is 0.344 e. The van der Waals surface area contributed by atoms with Crippen molar-refractivity contribution in [3.8, 4) is 5.75 Å². The summed E-state index contributed by atoms with van der Waals surface area (Å²) in [5.74, 6) is -0.116. The Kier molecular flexibility index (Phi) is 9.46. The van der Waals surface area contributed by atoms with Crippen LogP contribution in [0.4, 0.5) is 0 Å². The summed E-state index contributed by atoms with van der Waals surface area (Å²) in [6.45, 7) is 8.78. The Labute approximate surface area is 259 Å². The van der Waals surface area contributed by atoms with Crippen LogP contribution >= 0.6 is 11.6 Å². The summed E-state index contributed by atoms with van der Waals surface area (Å²) in [4.78, 5) is 24.8. The summed E-state index contributed by atoms with van der Waals surface area (Å²) in [5.41, 5.74) is 7.45. The monoisotopic (exact) mass is 600 g/mol. The molecule has 0 aliphatic heterocycles. The Hall–Kier alpha value is -3.77. The van der Waals surface area contributed by atoms with Crippen molar-refractivity contribution in [3.63, 3.8) is 0 Å². The van der Waals surface area contributed by atoms with Crippen LogP contribution in [0.2, 0.25) is 5.02 Å². The zero-order chi connectivity index (χ0) is 30.7. The van der Waals surface area contributed by atoms with Gasteiger partial charge in [-0.15, -0.1) is 0 Å². The summed E-state index contributed by atoms with van der Waals surface area (Å²) in [7, 11) is 0. The number of aliphatic carboxylic acids is 1. The third-order valence-corrected chi connectivity index (χ3v) is 8.84. The number of rotatable bonds is 13. The average molecular weight is 601 g/mol. The lowest BCUT2D eigenvalue weighted by Gasteiger charge is -2.15.